The highest BCUT2D eigenvalue weighted by molar-refractivity contribution is 6.10. The van der Waals surface area contributed by atoms with Gasteiger partial charge in [-0.2, -0.15) is 0 Å². The Morgan fingerprint density at radius 1 is 1.28 bits per heavy atom. The van der Waals surface area contributed by atoms with E-state index in [1.54, 1.807) is 17.2 Å². The third-order valence-electron chi connectivity index (χ3n) is 5.15. The minimum atomic E-state index is -0.224. The Bertz CT molecular complexity index is 1090. The fraction of sp³-hybridized carbons (Fsp3) is 0.227. The number of carbonyl (C=O) groups excluding carboxylic acids is 2. The maximum atomic E-state index is 13.1. The van der Waals surface area contributed by atoms with Crippen LogP contribution in [0.15, 0.2) is 54.4 Å². The highest BCUT2D eigenvalue weighted by atomic mass is 16.2. The maximum absolute atomic E-state index is 13.1. The molecule has 0 saturated heterocycles. The van der Waals surface area contributed by atoms with Crippen LogP contribution in [0.4, 0.5) is 5.69 Å². The average Bonchev–Trinajstić information content (AvgIpc) is 3.05. The van der Waals surface area contributed by atoms with E-state index >= 15 is 0 Å². The van der Waals surface area contributed by atoms with Gasteiger partial charge < -0.3 is 20.9 Å². The Morgan fingerprint density at radius 2 is 2.07 bits per heavy atom. The summed E-state index contributed by atoms with van der Waals surface area (Å²) in [5.74, 6) is -0.359. The number of anilines is 1. The van der Waals surface area contributed by atoms with Crippen LogP contribution in [-0.4, -0.2) is 40.9 Å². The molecule has 3 heterocycles. The average molecular weight is 389 g/mol. The first-order chi connectivity index (χ1) is 14.1. The van der Waals surface area contributed by atoms with Gasteiger partial charge in [0.2, 0.25) is 11.8 Å². The first kappa shape index (κ1) is 18.9. The number of carbonyl (C=O) groups is 2. The lowest BCUT2D eigenvalue weighted by atomic mass is 10.1. The third kappa shape index (κ3) is 3.77. The molecule has 4 rings (SSSR count). The number of hydrogen-bond donors (Lipinski definition) is 3. The van der Waals surface area contributed by atoms with E-state index in [4.69, 9.17) is 5.73 Å². The molecule has 0 fully saturated rings. The molecule has 0 radical (unpaired) electrons. The van der Waals surface area contributed by atoms with Crippen LogP contribution in [0.5, 0.6) is 0 Å². The molecule has 7 heteroatoms. The van der Waals surface area contributed by atoms with Gasteiger partial charge in [0, 0.05) is 48.4 Å². The minimum Gasteiger partial charge on any atom is -0.348 e. The summed E-state index contributed by atoms with van der Waals surface area (Å²) >= 11 is 0. The van der Waals surface area contributed by atoms with E-state index in [1.165, 1.54) is 6.92 Å². The predicted octanol–water partition coefficient (Wildman–Crippen LogP) is 2.00. The zero-order valence-electron chi connectivity index (χ0n) is 16.2. The van der Waals surface area contributed by atoms with Crippen LogP contribution in [0.3, 0.4) is 0 Å². The smallest absolute Gasteiger partial charge is 0.249 e. The highest BCUT2D eigenvalue weighted by Crippen LogP contribution is 2.33. The normalized spacial score (nSPS) is 14.3. The molecule has 148 valence electrons. The van der Waals surface area contributed by atoms with Crippen LogP contribution in [-0.2, 0) is 16.0 Å². The first-order valence-corrected chi connectivity index (χ1v) is 9.56. The summed E-state index contributed by atoms with van der Waals surface area (Å²) in [6.07, 6.45) is 5.93. The number of nitrogens with zero attached hydrogens (tertiary/aromatic N) is 2. The summed E-state index contributed by atoms with van der Waals surface area (Å²) in [6, 6.07) is 11.5. The van der Waals surface area contributed by atoms with Crippen molar-refractivity contribution in [2.24, 2.45) is 5.73 Å². The van der Waals surface area contributed by atoms with Gasteiger partial charge in [-0.3, -0.25) is 9.59 Å². The van der Waals surface area contributed by atoms with Gasteiger partial charge in [0.25, 0.3) is 0 Å². The fourth-order valence-electron chi connectivity index (χ4n) is 3.68. The number of amides is 2. The molecule has 7 nitrogen and oxygen atoms in total. The van der Waals surface area contributed by atoms with Crippen molar-refractivity contribution in [3.63, 3.8) is 0 Å². The third-order valence-corrected chi connectivity index (χ3v) is 5.15. The summed E-state index contributed by atoms with van der Waals surface area (Å²) in [7, 11) is 0. The van der Waals surface area contributed by atoms with Gasteiger partial charge in [0.15, 0.2) is 0 Å². The van der Waals surface area contributed by atoms with Crippen molar-refractivity contribution < 1.29 is 9.59 Å². The van der Waals surface area contributed by atoms with Crippen molar-refractivity contribution in [3.05, 3.63) is 65.5 Å². The topological polar surface area (TPSA) is 104 Å². The minimum absolute atomic E-state index is 0.134. The van der Waals surface area contributed by atoms with Gasteiger partial charge >= 0.3 is 0 Å². The van der Waals surface area contributed by atoms with E-state index in [2.05, 4.69) is 15.3 Å². The molecular weight excluding hydrogens is 366 g/mol. The van der Waals surface area contributed by atoms with Crippen LogP contribution in [0.1, 0.15) is 18.1 Å². The van der Waals surface area contributed by atoms with Crippen LogP contribution in [0, 0.1) is 0 Å². The van der Waals surface area contributed by atoms with E-state index in [-0.39, 0.29) is 24.4 Å². The molecule has 3 aromatic rings. The van der Waals surface area contributed by atoms with Crippen LogP contribution in [0.25, 0.3) is 17.1 Å². The van der Waals surface area contributed by atoms with Crippen LogP contribution in [0.2, 0.25) is 0 Å². The molecule has 1 aliphatic heterocycles. The molecule has 2 aromatic heterocycles. The van der Waals surface area contributed by atoms with Crippen molar-refractivity contribution >= 4 is 34.6 Å². The van der Waals surface area contributed by atoms with E-state index in [0.717, 1.165) is 22.2 Å². The van der Waals surface area contributed by atoms with Gasteiger partial charge in [-0.15, -0.1) is 0 Å². The van der Waals surface area contributed by atoms with Gasteiger partial charge in [0.1, 0.15) is 5.65 Å². The summed E-state index contributed by atoms with van der Waals surface area (Å²) < 4.78 is 0. The largest absolute Gasteiger partial charge is 0.348 e. The lowest BCUT2D eigenvalue weighted by molar-refractivity contribution is -0.118. The molecular formula is C22H23N5O2. The zero-order chi connectivity index (χ0) is 20.4. The molecule has 1 atom stereocenters. The lowest BCUT2D eigenvalue weighted by Crippen LogP contribution is -2.44. The second kappa shape index (κ2) is 7.89. The van der Waals surface area contributed by atoms with E-state index < -0.39 is 0 Å². The van der Waals surface area contributed by atoms with Gasteiger partial charge in [0.05, 0.1) is 12.2 Å². The molecule has 0 spiro atoms. The summed E-state index contributed by atoms with van der Waals surface area (Å²) in [4.78, 5) is 34.4. The molecule has 2 amide bonds. The molecule has 4 N–H and O–H groups in total. The monoisotopic (exact) mass is 389 g/mol. The van der Waals surface area contributed by atoms with E-state index in [0.29, 0.717) is 24.2 Å². The van der Waals surface area contributed by atoms with Crippen LogP contribution >= 0.6 is 0 Å². The van der Waals surface area contributed by atoms with Gasteiger partial charge in [-0.05, 0) is 24.1 Å². The SMILES string of the molecule is CC(=O)N1CC(C(=O)N[C@H](CN)Cc2ccccc2)=Cc2c[nH]c3nccc1c23. The molecule has 0 unspecified atom stereocenters. The number of aromatic amines is 1. The fourth-order valence-corrected chi connectivity index (χ4v) is 3.68. The van der Waals surface area contributed by atoms with E-state index in [1.807, 2.05) is 42.6 Å². The summed E-state index contributed by atoms with van der Waals surface area (Å²) in [6.45, 7) is 2.01. The Kier molecular flexibility index (Phi) is 5.14. The second-order valence-electron chi connectivity index (χ2n) is 7.17. The number of rotatable bonds is 5. The van der Waals surface area contributed by atoms with Gasteiger partial charge in [-0.1, -0.05) is 30.3 Å². The molecule has 0 aliphatic carbocycles. The second-order valence-corrected chi connectivity index (χ2v) is 7.17. The predicted molar refractivity (Wildman–Crippen MR) is 113 cm³/mol. The Hall–Kier alpha value is -3.45. The molecule has 1 aromatic carbocycles. The van der Waals surface area contributed by atoms with Crippen molar-refractivity contribution in [1.29, 1.82) is 0 Å². The van der Waals surface area contributed by atoms with Gasteiger partial charge in [-0.25, -0.2) is 4.98 Å². The Balaban J connectivity index is 1.62. The first-order valence-electron chi connectivity index (χ1n) is 9.56. The summed E-state index contributed by atoms with van der Waals surface area (Å²) in [5, 5.41) is 3.87. The number of benzene rings is 1. The number of aromatic nitrogens is 2. The lowest BCUT2D eigenvalue weighted by Gasteiger charge is -2.23. The number of nitrogens with one attached hydrogen (secondary N) is 2. The zero-order valence-corrected chi connectivity index (χ0v) is 16.2. The van der Waals surface area contributed by atoms with Crippen LogP contribution < -0.4 is 16.0 Å². The Morgan fingerprint density at radius 3 is 2.79 bits per heavy atom. The highest BCUT2D eigenvalue weighted by Gasteiger charge is 2.26. The Labute approximate surface area is 168 Å². The standard InChI is InChI=1S/C22H23N5O2/c1-14(28)27-13-17(10-16-12-25-21-20(16)19(27)7-8-24-21)22(29)26-18(11-23)9-15-5-3-2-4-6-15/h2-8,10,12,18H,9,11,13,23H2,1H3,(H,24,25)(H,26,29)/t18-/m0/s1. The number of hydrogen-bond acceptors (Lipinski definition) is 4. The van der Waals surface area contributed by atoms with Crippen molar-refractivity contribution in [2.75, 3.05) is 18.0 Å². The van der Waals surface area contributed by atoms with E-state index in [9.17, 15) is 9.59 Å². The maximum Gasteiger partial charge on any atom is 0.249 e. The molecule has 29 heavy (non-hydrogen) atoms. The molecule has 0 bridgehead atoms. The number of pyridine rings is 1. The summed E-state index contributed by atoms with van der Waals surface area (Å²) in [5.41, 5.74) is 9.79. The molecule has 0 saturated carbocycles. The number of H-pyrrole nitrogens is 1. The molecule has 1 aliphatic rings. The number of nitrogens with two attached hydrogens (primary N) is 1. The quantitative estimate of drug-likeness (QED) is 0.621. The van der Waals surface area contributed by atoms with Crippen molar-refractivity contribution in [1.82, 2.24) is 15.3 Å². The van der Waals surface area contributed by atoms with Crippen molar-refractivity contribution in [3.8, 4) is 0 Å². The van der Waals surface area contributed by atoms with Crippen molar-refractivity contribution in [2.45, 2.75) is 19.4 Å².